The summed E-state index contributed by atoms with van der Waals surface area (Å²) >= 11 is 0. The van der Waals surface area contributed by atoms with Crippen molar-refractivity contribution in [1.29, 1.82) is 0 Å². The van der Waals surface area contributed by atoms with Gasteiger partial charge < -0.3 is 5.32 Å². The molecule has 0 aliphatic heterocycles. The molecule has 0 aliphatic carbocycles. The molecule has 0 aliphatic rings. The monoisotopic (exact) mass is 253 g/mol. The minimum absolute atomic E-state index is 0.176. The predicted octanol–water partition coefficient (Wildman–Crippen LogP) is 2.77. The molecule has 2 N–H and O–H groups in total. The van der Waals surface area contributed by atoms with Crippen LogP contribution < -0.4 is 5.32 Å². The topological polar surface area (TPSA) is 58.5 Å². The van der Waals surface area contributed by atoms with E-state index in [4.69, 9.17) is 0 Å². The van der Waals surface area contributed by atoms with Crippen LogP contribution in [0.1, 0.15) is 18.7 Å². The first-order chi connectivity index (χ1) is 9.33. The fourth-order valence-electron chi connectivity index (χ4n) is 2.00. The minimum atomic E-state index is 0.176. The van der Waals surface area contributed by atoms with Crippen LogP contribution in [0.15, 0.2) is 55.0 Å². The summed E-state index contributed by atoms with van der Waals surface area (Å²) in [5, 5.41) is 14.6. The second kappa shape index (κ2) is 4.97. The van der Waals surface area contributed by atoms with E-state index in [0.717, 1.165) is 17.1 Å². The number of benzene rings is 1. The van der Waals surface area contributed by atoms with Crippen molar-refractivity contribution in [3.8, 4) is 5.69 Å². The van der Waals surface area contributed by atoms with Gasteiger partial charge in [-0.15, -0.1) is 0 Å². The lowest BCUT2D eigenvalue weighted by Gasteiger charge is -2.14. The van der Waals surface area contributed by atoms with Gasteiger partial charge in [-0.2, -0.15) is 10.2 Å². The van der Waals surface area contributed by atoms with Gasteiger partial charge >= 0.3 is 0 Å². The lowest BCUT2D eigenvalue weighted by molar-refractivity contribution is 0.824. The summed E-state index contributed by atoms with van der Waals surface area (Å²) in [4.78, 5) is 0. The minimum Gasteiger partial charge on any atom is -0.377 e. The molecule has 5 heteroatoms. The Kier molecular flexibility index (Phi) is 3.02. The van der Waals surface area contributed by atoms with Crippen LogP contribution in [-0.2, 0) is 0 Å². The number of aromatic amines is 1. The molecule has 0 saturated heterocycles. The molecule has 1 aromatic carbocycles. The lowest BCUT2D eigenvalue weighted by Crippen LogP contribution is -2.07. The van der Waals surface area contributed by atoms with Crippen LogP contribution >= 0.6 is 0 Å². The average molecular weight is 253 g/mol. The number of nitrogens with zero attached hydrogens (tertiary/aromatic N) is 3. The second-order valence-electron chi connectivity index (χ2n) is 4.38. The zero-order valence-corrected chi connectivity index (χ0v) is 10.6. The van der Waals surface area contributed by atoms with Gasteiger partial charge in [0.15, 0.2) is 0 Å². The molecule has 1 unspecified atom stereocenters. The third-order valence-electron chi connectivity index (χ3n) is 2.99. The summed E-state index contributed by atoms with van der Waals surface area (Å²) in [5.74, 6) is 0. The third kappa shape index (κ3) is 2.49. The lowest BCUT2D eigenvalue weighted by atomic mass is 10.2. The van der Waals surface area contributed by atoms with Crippen molar-refractivity contribution >= 4 is 5.69 Å². The van der Waals surface area contributed by atoms with Crippen LogP contribution in [0.3, 0.4) is 0 Å². The molecular weight excluding hydrogens is 238 g/mol. The Morgan fingerprint density at radius 2 is 2.16 bits per heavy atom. The Labute approximate surface area is 111 Å². The van der Waals surface area contributed by atoms with Gasteiger partial charge in [0, 0.05) is 24.3 Å². The first-order valence-corrected chi connectivity index (χ1v) is 6.19. The van der Waals surface area contributed by atoms with E-state index in [1.54, 1.807) is 12.4 Å². The van der Waals surface area contributed by atoms with Crippen LogP contribution in [0.2, 0.25) is 0 Å². The van der Waals surface area contributed by atoms with E-state index in [1.807, 2.05) is 41.2 Å². The number of hydrogen-bond acceptors (Lipinski definition) is 3. The number of aromatic nitrogens is 4. The fourth-order valence-corrected chi connectivity index (χ4v) is 2.00. The van der Waals surface area contributed by atoms with Crippen molar-refractivity contribution in [3.63, 3.8) is 0 Å². The number of H-pyrrole nitrogens is 1. The molecular formula is C14H15N5. The van der Waals surface area contributed by atoms with Gasteiger partial charge in [0.05, 0.1) is 17.4 Å². The van der Waals surface area contributed by atoms with Crippen LogP contribution in [0.25, 0.3) is 5.69 Å². The number of anilines is 1. The summed E-state index contributed by atoms with van der Waals surface area (Å²) in [7, 11) is 0. The van der Waals surface area contributed by atoms with Gasteiger partial charge in [0.2, 0.25) is 0 Å². The third-order valence-corrected chi connectivity index (χ3v) is 2.99. The maximum atomic E-state index is 4.23. The molecule has 0 saturated carbocycles. The molecule has 5 nitrogen and oxygen atoms in total. The van der Waals surface area contributed by atoms with Crippen LogP contribution in [0, 0.1) is 0 Å². The van der Waals surface area contributed by atoms with Crippen molar-refractivity contribution in [1.82, 2.24) is 20.0 Å². The van der Waals surface area contributed by atoms with Crippen molar-refractivity contribution in [2.45, 2.75) is 13.0 Å². The van der Waals surface area contributed by atoms with E-state index in [9.17, 15) is 0 Å². The zero-order valence-electron chi connectivity index (χ0n) is 10.6. The van der Waals surface area contributed by atoms with E-state index < -0.39 is 0 Å². The van der Waals surface area contributed by atoms with Gasteiger partial charge in [-0.05, 0) is 37.3 Å². The molecule has 1 atom stereocenters. The predicted molar refractivity (Wildman–Crippen MR) is 74.2 cm³/mol. The highest BCUT2D eigenvalue weighted by molar-refractivity contribution is 5.51. The standard InChI is InChI=1S/C14H15N5/c1-11(14-6-8-15-18-14)17-12-4-2-5-13(10-12)19-9-3-7-16-19/h2-11,17H,1H3,(H,15,18). The van der Waals surface area contributed by atoms with Crippen LogP contribution in [0.5, 0.6) is 0 Å². The van der Waals surface area contributed by atoms with E-state index in [2.05, 4.69) is 33.6 Å². The van der Waals surface area contributed by atoms with E-state index in [1.165, 1.54) is 0 Å². The Hall–Kier alpha value is -2.56. The maximum absolute atomic E-state index is 4.23. The van der Waals surface area contributed by atoms with Crippen LogP contribution in [-0.4, -0.2) is 20.0 Å². The Morgan fingerprint density at radius 3 is 2.89 bits per heavy atom. The van der Waals surface area contributed by atoms with E-state index in [-0.39, 0.29) is 6.04 Å². The first kappa shape index (κ1) is 11.5. The van der Waals surface area contributed by atoms with Crippen molar-refractivity contribution in [3.05, 3.63) is 60.7 Å². The zero-order chi connectivity index (χ0) is 13.1. The molecule has 0 fully saturated rings. The highest BCUT2D eigenvalue weighted by Gasteiger charge is 2.06. The van der Waals surface area contributed by atoms with Gasteiger partial charge in [-0.3, -0.25) is 5.10 Å². The molecule has 2 aromatic heterocycles. The molecule has 0 spiro atoms. The molecule has 19 heavy (non-hydrogen) atoms. The molecule has 96 valence electrons. The number of rotatable bonds is 4. The molecule has 0 amide bonds. The number of nitrogens with one attached hydrogen (secondary N) is 2. The molecule has 2 heterocycles. The highest BCUT2D eigenvalue weighted by atomic mass is 15.3. The summed E-state index contributed by atoms with van der Waals surface area (Å²) < 4.78 is 1.84. The van der Waals surface area contributed by atoms with Gasteiger partial charge in [0.25, 0.3) is 0 Å². The van der Waals surface area contributed by atoms with Gasteiger partial charge in [0.1, 0.15) is 0 Å². The highest BCUT2D eigenvalue weighted by Crippen LogP contribution is 2.19. The fraction of sp³-hybridized carbons (Fsp3) is 0.143. The first-order valence-electron chi connectivity index (χ1n) is 6.19. The Morgan fingerprint density at radius 1 is 1.21 bits per heavy atom. The summed E-state index contributed by atoms with van der Waals surface area (Å²) in [5.41, 5.74) is 3.14. The van der Waals surface area contributed by atoms with E-state index >= 15 is 0 Å². The average Bonchev–Trinajstić information content (AvgIpc) is 3.13. The van der Waals surface area contributed by atoms with Crippen LogP contribution in [0.4, 0.5) is 5.69 Å². The number of hydrogen-bond donors (Lipinski definition) is 2. The Bertz CT molecular complexity index is 628. The second-order valence-corrected chi connectivity index (χ2v) is 4.38. The quantitative estimate of drug-likeness (QED) is 0.751. The normalized spacial score (nSPS) is 12.3. The van der Waals surface area contributed by atoms with Crippen molar-refractivity contribution in [2.75, 3.05) is 5.32 Å². The molecule has 0 radical (unpaired) electrons. The van der Waals surface area contributed by atoms with Crippen molar-refractivity contribution < 1.29 is 0 Å². The molecule has 3 rings (SSSR count). The smallest absolute Gasteiger partial charge is 0.0666 e. The molecule has 3 aromatic rings. The van der Waals surface area contributed by atoms with Crippen molar-refractivity contribution in [2.24, 2.45) is 0 Å². The SMILES string of the molecule is CC(Nc1cccc(-n2cccn2)c1)c1ccn[nH]1. The van der Waals surface area contributed by atoms with E-state index in [0.29, 0.717) is 0 Å². The Balaban J connectivity index is 1.80. The summed E-state index contributed by atoms with van der Waals surface area (Å²) in [6, 6.07) is 12.2. The maximum Gasteiger partial charge on any atom is 0.0666 e. The summed E-state index contributed by atoms with van der Waals surface area (Å²) in [6.07, 6.45) is 5.46. The summed E-state index contributed by atoms with van der Waals surface area (Å²) in [6.45, 7) is 2.09. The largest absolute Gasteiger partial charge is 0.377 e. The molecule has 0 bridgehead atoms. The van der Waals surface area contributed by atoms with Gasteiger partial charge in [-0.25, -0.2) is 4.68 Å². The van der Waals surface area contributed by atoms with Gasteiger partial charge in [-0.1, -0.05) is 6.07 Å².